The van der Waals surface area contributed by atoms with Crippen LogP contribution in [0.5, 0.6) is 0 Å². The van der Waals surface area contributed by atoms with Gasteiger partial charge in [-0.25, -0.2) is 18.3 Å². The van der Waals surface area contributed by atoms with Gasteiger partial charge >= 0.3 is 0 Å². The topological polar surface area (TPSA) is 65.8 Å². The highest BCUT2D eigenvalue weighted by Gasteiger charge is 2.21. The monoisotopic (exact) mass is 392 g/mol. The summed E-state index contributed by atoms with van der Waals surface area (Å²) in [5.41, 5.74) is 0.584. The number of piperazine rings is 1. The Morgan fingerprint density at radius 3 is 2.78 bits per heavy atom. The smallest absolute Gasteiger partial charge is 0.266 e. The van der Waals surface area contributed by atoms with Gasteiger partial charge in [0.25, 0.3) is 12.3 Å². The summed E-state index contributed by atoms with van der Waals surface area (Å²) in [4.78, 5) is 21.6. The van der Waals surface area contributed by atoms with Crippen LogP contribution in [0.25, 0.3) is 5.65 Å². The molecule has 0 unspecified atom stereocenters. The van der Waals surface area contributed by atoms with Crippen molar-refractivity contribution in [1.82, 2.24) is 19.5 Å². The van der Waals surface area contributed by atoms with Gasteiger partial charge in [0, 0.05) is 43.1 Å². The molecule has 1 saturated heterocycles. The van der Waals surface area contributed by atoms with E-state index in [0.29, 0.717) is 5.65 Å². The highest BCUT2D eigenvalue weighted by molar-refractivity contribution is 7.08. The molecule has 0 radical (unpaired) electrons. The molecule has 1 N–H and O–H groups in total. The predicted octanol–water partition coefficient (Wildman–Crippen LogP) is 2.73. The molecule has 3 aromatic heterocycles. The number of aromatic nitrogens is 3. The van der Waals surface area contributed by atoms with Crippen LogP contribution in [-0.4, -0.2) is 58.6 Å². The molecule has 1 aliphatic heterocycles. The molecular formula is C17H18F2N6OS. The zero-order valence-electron chi connectivity index (χ0n) is 14.6. The van der Waals surface area contributed by atoms with Gasteiger partial charge in [-0.3, -0.25) is 4.79 Å². The maximum Gasteiger partial charge on any atom is 0.266 e. The molecule has 1 fully saturated rings. The molecule has 4 rings (SSSR count). The van der Waals surface area contributed by atoms with Crippen molar-refractivity contribution in [3.8, 4) is 0 Å². The standard InChI is InChI=1S/C17H18F2N6OS/c1-23-4-6-24(7-5-23)14-2-3-25-16(22-14)11(8-20-25)17(26)21-13-10-27-9-12(13)15(18)19/h2-3,8-10,15H,4-7H2,1H3,(H,21,26). The Kier molecular flexibility index (Phi) is 4.75. The third kappa shape index (κ3) is 3.50. The molecule has 0 spiro atoms. The van der Waals surface area contributed by atoms with Crippen LogP contribution in [-0.2, 0) is 0 Å². The lowest BCUT2D eigenvalue weighted by Crippen LogP contribution is -2.44. The lowest BCUT2D eigenvalue weighted by Gasteiger charge is -2.33. The fraction of sp³-hybridized carbons (Fsp3) is 0.353. The molecule has 10 heteroatoms. The molecule has 0 aliphatic carbocycles. The van der Waals surface area contributed by atoms with E-state index in [1.165, 1.54) is 21.5 Å². The first-order valence-electron chi connectivity index (χ1n) is 8.46. The molecule has 0 saturated carbocycles. The van der Waals surface area contributed by atoms with Gasteiger partial charge in [0.05, 0.1) is 17.4 Å². The van der Waals surface area contributed by atoms with Gasteiger partial charge in [-0.15, -0.1) is 11.3 Å². The number of amides is 1. The molecule has 4 heterocycles. The third-order valence-electron chi connectivity index (χ3n) is 4.60. The third-order valence-corrected chi connectivity index (χ3v) is 5.36. The molecule has 1 aliphatic rings. The Morgan fingerprint density at radius 1 is 1.26 bits per heavy atom. The van der Waals surface area contributed by atoms with Crippen LogP contribution >= 0.6 is 11.3 Å². The fourth-order valence-corrected chi connectivity index (χ4v) is 3.77. The van der Waals surface area contributed by atoms with Crippen molar-refractivity contribution >= 4 is 34.4 Å². The van der Waals surface area contributed by atoms with E-state index in [2.05, 4.69) is 32.2 Å². The zero-order valence-corrected chi connectivity index (χ0v) is 15.4. The first kappa shape index (κ1) is 17.8. The van der Waals surface area contributed by atoms with E-state index in [-0.39, 0.29) is 16.8 Å². The average Bonchev–Trinajstić information content (AvgIpc) is 3.28. The van der Waals surface area contributed by atoms with E-state index in [1.807, 2.05) is 6.07 Å². The number of carbonyl (C=O) groups excluding carboxylic acids is 1. The van der Waals surface area contributed by atoms with E-state index in [9.17, 15) is 13.6 Å². The fourth-order valence-electron chi connectivity index (χ4n) is 3.00. The minimum Gasteiger partial charge on any atom is -0.354 e. The molecule has 0 aromatic carbocycles. The summed E-state index contributed by atoms with van der Waals surface area (Å²) in [6.07, 6.45) is 0.513. The van der Waals surface area contributed by atoms with Crippen molar-refractivity contribution in [2.75, 3.05) is 43.4 Å². The van der Waals surface area contributed by atoms with Crippen LogP contribution in [0.2, 0.25) is 0 Å². The second-order valence-corrected chi connectivity index (χ2v) is 7.14. The van der Waals surface area contributed by atoms with Crippen LogP contribution in [0.3, 0.4) is 0 Å². The largest absolute Gasteiger partial charge is 0.354 e. The zero-order chi connectivity index (χ0) is 19.0. The van der Waals surface area contributed by atoms with E-state index < -0.39 is 12.3 Å². The van der Waals surface area contributed by atoms with Crippen molar-refractivity contribution in [3.05, 3.63) is 40.3 Å². The number of thiophene rings is 1. The minimum absolute atomic E-state index is 0.120. The van der Waals surface area contributed by atoms with Gasteiger partial charge in [0.2, 0.25) is 0 Å². The summed E-state index contributed by atoms with van der Waals surface area (Å²) in [5, 5.41) is 9.52. The molecule has 27 heavy (non-hydrogen) atoms. The quantitative estimate of drug-likeness (QED) is 0.740. The highest BCUT2D eigenvalue weighted by atomic mass is 32.1. The second kappa shape index (κ2) is 7.20. The van der Waals surface area contributed by atoms with E-state index >= 15 is 0 Å². The van der Waals surface area contributed by atoms with Crippen LogP contribution in [0.15, 0.2) is 29.2 Å². The molecule has 142 valence electrons. The van der Waals surface area contributed by atoms with Gasteiger partial charge in [0.15, 0.2) is 5.65 Å². The number of alkyl halides is 2. The van der Waals surface area contributed by atoms with Crippen molar-refractivity contribution < 1.29 is 13.6 Å². The van der Waals surface area contributed by atoms with E-state index in [4.69, 9.17) is 0 Å². The van der Waals surface area contributed by atoms with Crippen LogP contribution in [0, 0.1) is 0 Å². The van der Waals surface area contributed by atoms with E-state index in [0.717, 1.165) is 43.3 Å². The number of anilines is 2. The summed E-state index contributed by atoms with van der Waals surface area (Å²) >= 11 is 1.12. The normalized spacial score (nSPS) is 15.6. The van der Waals surface area contributed by atoms with Gasteiger partial charge < -0.3 is 15.1 Å². The minimum atomic E-state index is -2.64. The number of halogens is 2. The van der Waals surface area contributed by atoms with Crippen molar-refractivity contribution in [3.63, 3.8) is 0 Å². The number of likely N-dealkylation sites (N-methyl/N-ethyl adjacent to an activating group) is 1. The van der Waals surface area contributed by atoms with Crippen LogP contribution in [0.1, 0.15) is 22.3 Å². The Bertz CT molecular complexity index is 963. The lowest BCUT2D eigenvalue weighted by atomic mass is 10.2. The number of nitrogens with zero attached hydrogens (tertiary/aromatic N) is 5. The first-order chi connectivity index (χ1) is 13.0. The first-order valence-corrected chi connectivity index (χ1v) is 9.40. The number of hydrogen-bond acceptors (Lipinski definition) is 6. The van der Waals surface area contributed by atoms with Gasteiger partial charge in [0.1, 0.15) is 11.4 Å². The molecule has 0 bridgehead atoms. The summed E-state index contributed by atoms with van der Waals surface area (Å²) in [5.74, 6) is 0.266. The van der Waals surface area contributed by atoms with E-state index in [1.54, 1.807) is 6.20 Å². The molecule has 3 aromatic rings. The average molecular weight is 392 g/mol. The maximum absolute atomic E-state index is 13.0. The summed E-state index contributed by atoms with van der Waals surface area (Å²) < 4.78 is 27.5. The Morgan fingerprint density at radius 2 is 2.04 bits per heavy atom. The maximum atomic E-state index is 13.0. The number of hydrogen-bond donors (Lipinski definition) is 1. The molecular weight excluding hydrogens is 374 g/mol. The Labute approximate surface area is 158 Å². The van der Waals surface area contributed by atoms with Crippen LogP contribution < -0.4 is 10.2 Å². The van der Waals surface area contributed by atoms with Crippen molar-refractivity contribution in [2.24, 2.45) is 0 Å². The van der Waals surface area contributed by atoms with Crippen molar-refractivity contribution in [2.45, 2.75) is 6.43 Å². The van der Waals surface area contributed by atoms with Gasteiger partial charge in [-0.05, 0) is 13.1 Å². The molecule has 0 atom stereocenters. The number of carbonyl (C=O) groups is 1. The van der Waals surface area contributed by atoms with Gasteiger partial charge in [-0.2, -0.15) is 5.10 Å². The summed E-state index contributed by atoms with van der Waals surface area (Å²) in [6.45, 7) is 3.58. The number of rotatable bonds is 4. The molecule has 7 nitrogen and oxygen atoms in total. The number of nitrogens with one attached hydrogen (secondary N) is 1. The highest BCUT2D eigenvalue weighted by Crippen LogP contribution is 2.31. The summed E-state index contributed by atoms with van der Waals surface area (Å²) in [6, 6.07) is 1.86. The molecule has 1 amide bonds. The lowest BCUT2D eigenvalue weighted by molar-refractivity contribution is 0.102. The second-order valence-electron chi connectivity index (χ2n) is 6.40. The van der Waals surface area contributed by atoms with Crippen molar-refractivity contribution in [1.29, 1.82) is 0 Å². The SMILES string of the molecule is CN1CCN(c2ccn3ncc(C(=O)Nc4cscc4C(F)F)c3n2)CC1. The summed E-state index contributed by atoms with van der Waals surface area (Å²) in [7, 11) is 2.07. The van der Waals surface area contributed by atoms with Gasteiger partial charge in [-0.1, -0.05) is 0 Å². The number of fused-ring (bicyclic) bond motifs is 1. The Balaban J connectivity index is 1.60. The van der Waals surface area contributed by atoms with Crippen LogP contribution in [0.4, 0.5) is 20.3 Å². The Hall–Kier alpha value is -2.59. The predicted molar refractivity (Wildman–Crippen MR) is 99.9 cm³/mol.